The Labute approximate surface area is 125 Å². The van der Waals surface area contributed by atoms with Crippen LogP contribution in [0.3, 0.4) is 0 Å². The van der Waals surface area contributed by atoms with Crippen molar-refractivity contribution in [3.05, 3.63) is 54.4 Å². The number of pyridine rings is 1. The van der Waals surface area contributed by atoms with Crippen LogP contribution in [0.15, 0.2) is 48.8 Å². The zero-order valence-electron chi connectivity index (χ0n) is 12.5. The van der Waals surface area contributed by atoms with Crippen molar-refractivity contribution in [2.75, 3.05) is 6.61 Å². The Hall–Kier alpha value is -2.07. The van der Waals surface area contributed by atoms with Gasteiger partial charge in [-0.2, -0.15) is 0 Å². The normalized spacial score (nSPS) is 13.5. The molecule has 0 spiro atoms. The summed E-state index contributed by atoms with van der Waals surface area (Å²) in [6.07, 6.45) is 4.11. The fraction of sp³-hybridized carbons (Fsp3) is 0.353. The minimum atomic E-state index is -0.245. The molecule has 4 nitrogen and oxygen atoms in total. The van der Waals surface area contributed by atoms with Crippen LogP contribution in [0.5, 0.6) is 11.5 Å². The first kappa shape index (κ1) is 15.3. The molecular formula is C17H22N2O2. The van der Waals surface area contributed by atoms with Crippen molar-refractivity contribution in [2.45, 2.75) is 32.4 Å². The molecule has 0 saturated carbocycles. The third kappa shape index (κ3) is 3.95. The first-order valence-electron chi connectivity index (χ1n) is 7.30. The van der Waals surface area contributed by atoms with Crippen LogP contribution in [0.2, 0.25) is 0 Å². The number of hydrogen-bond donors (Lipinski definition) is 1. The third-order valence-electron chi connectivity index (χ3n) is 3.28. The summed E-state index contributed by atoms with van der Waals surface area (Å²) in [5.74, 6) is 1.44. The monoisotopic (exact) mass is 286 g/mol. The lowest BCUT2D eigenvalue weighted by atomic mass is 10.0. The summed E-state index contributed by atoms with van der Waals surface area (Å²) in [7, 11) is 0. The summed E-state index contributed by atoms with van der Waals surface area (Å²) < 4.78 is 11.8. The fourth-order valence-electron chi connectivity index (χ4n) is 2.12. The van der Waals surface area contributed by atoms with Gasteiger partial charge in [0.1, 0.15) is 6.10 Å². The van der Waals surface area contributed by atoms with Crippen molar-refractivity contribution in [1.82, 2.24) is 4.98 Å². The van der Waals surface area contributed by atoms with Gasteiger partial charge in [0.15, 0.2) is 11.5 Å². The molecule has 0 aliphatic carbocycles. The van der Waals surface area contributed by atoms with Crippen molar-refractivity contribution < 1.29 is 9.47 Å². The van der Waals surface area contributed by atoms with E-state index in [9.17, 15) is 0 Å². The Kier molecular flexibility index (Phi) is 5.58. The molecule has 1 heterocycles. The summed E-state index contributed by atoms with van der Waals surface area (Å²) in [5.41, 5.74) is 7.20. The molecule has 1 aromatic carbocycles. The second-order valence-corrected chi connectivity index (χ2v) is 4.78. The first-order chi connectivity index (χ1) is 10.3. The van der Waals surface area contributed by atoms with E-state index >= 15 is 0 Å². The van der Waals surface area contributed by atoms with Crippen LogP contribution in [-0.4, -0.2) is 17.6 Å². The van der Waals surface area contributed by atoms with Gasteiger partial charge in [-0.05, 0) is 31.5 Å². The van der Waals surface area contributed by atoms with Crippen LogP contribution in [0.1, 0.15) is 31.9 Å². The zero-order chi connectivity index (χ0) is 15.1. The smallest absolute Gasteiger partial charge is 0.162 e. The van der Waals surface area contributed by atoms with Crippen LogP contribution < -0.4 is 15.2 Å². The highest BCUT2D eigenvalue weighted by Gasteiger charge is 2.22. The summed E-state index contributed by atoms with van der Waals surface area (Å²) in [6.45, 7) is 4.59. The summed E-state index contributed by atoms with van der Waals surface area (Å²) in [4.78, 5) is 4.16. The molecule has 2 rings (SSSR count). The minimum Gasteiger partial charge on any atom is -0.490 e. The lowest BCUT2D eigenvalue weighted by Gasteiger charge is -2.25. The van der Waals surface area contributed by atoms with Gasteiger partial charge < -0.3 is 15.2 Å². The molecule has 21 heavy (non-hydrogen) atoms. The average Bonchev–Trinajstić information content (AvgIpc) is 2.54. The van der Waals surface area contributed by atoms with E-state index in [1.54, 1.807) is 12.4 Å². The Balaban J connectivity index is 2.27. The van der Waals surface area contributed by atoms with Crippen molar-refractivity contribution >= 4 is 0 Å². The van der Waals surface area contributed by atoms with Gasteiger partial charge in [-0.3, -0.25) is 4.98 Å². The molecule has 0 radical (unpaired) electrons. The zero-order valence-corrected chi connectivity index (χ0v) is 12.5. The maximum absolute atomic E-state index is 6.23. The van der Waals surface area contributed by atoms with Crippen molar-refractivity contribution in [1.29, 1.82) is 0 Å². The van der Waals surface area contributed by atoms with Gasteiger partial charge >= 0.3 is 0 Å². The van der Waals surface area contributed by atoms with E-state index in [-0.39, 0.29) is 12.1 Å². The maximum Gasteiger partial charge on any atom is 0.162 e. The van der Waals surface area contributed by atoms with E-state index in [1.165, 1.54) is 0 Å². The van der Waals surface area contributed by atoms with Crippen LogP contribution >= 0.6 is 0 Å². The van der Waals surface area contributed by atoms with Gasteiger partial charge in [-0.1, -0.05) is 25.1 Å². The van der Waals surface area contributed by atoms with Gasteiger partial charge in [0, 0.05) is 24.0 Å². The summed E-state index contributed by atoms with van der Waals surface area (Å²) in [5, 5.41) is 0. The second kappa shape index (κ2) is 7.64. The molecule has 112 valence electrons. The Morgan fingerprint density at radius 3 is 2.48 bits per heavy atom. The number of hydrogen-bond acceptors (Lipinski definition) is 4. The molecule has 1 aromatic heterocycles. The van der Waals surface area contributed by atoms with E-state index in [0.717, 1.165) is 17.7 Å². The van der Waals surface area contributed by atoms with Crippen molar-refractivity contribution in [2.24, 2.45) is 5.73 Å². The standard InChI is InChI=1S/C17H22N2O2/c1-3-14(18)17(13-8-7-11-19-12-13)21-16-10-6-5-9-15(16)20-4-2/h5-12,14,17H,3-4,18H2,1-2H3. The quantitative estimate of drug-likeness (QED) is 0.848. The number of benzene rings is 1. The fourth-order valence-corrected chi connectivity index (χ4v) is 2.12. The highest BCUT2D eigenvalue weighted by molar-refractivity contribution is 5.40. The largest absolute Gasteiger partial charge is 0.490 e. The van der Waals surface area contributed by atoms with Gasteiger partial charge in [0.2, 0.25) is 0 Å². The molecule has 0 saturated heterocycles. The summed E-state index contributed by atoms with van der Waals surface area (Å²) in [6, 6.07) is 11.4. The SMILES string of the molecule is CCOc1ccccc1OC(c1cccnc1)C(N)CC. The van der Waals surface area contributed by atoms with Gasteiger partial charge in [-0.15, -0.1) is 0 Å². The molecule has 0 bridgehead atoms. The highest BCUT2D eigenvalue weighted by atomic mass is 16.5. The topological polar surface area (TPSA) is 57.4 Å². The molecule has 2 N–H and O–H groups in total. The number of ether oxygens (including phenoxy) is 2. The van der Waals surface area contributed by atoms with E-state index in [1.807, 2.05) is 50.2 Å². The summed E-state index contributed by atoms with van der Waals surface area (Å²) >= 11 is 0. The number of aromatic nitrogens is 1. The van der Waals surface area contributed by atoms with Crippen molar-refractivity contribution in [3.63, 3.8) is 0 Å². The van der Waals surface area contributed by atoms with Gasteiger partial charge in [-0.25, -0.2) is 0 Å². The van der Waals surface area contributed by atoms with E-state index in [4.69, 9.17) is 15.2 Å². The first-order valence-corrected chi connectivity index (χ1v) is 7.30. The highest BCUT2D eigenvalue weighted by Crippen LogP contribution is 2.32. The molecule has 2 aromatic rings. The lowest BCUT2D eigenvalue weighted by molar-refractivity contribution is 0.162. The molecule has 0 aliphatic rings. The van der Waals surface area contributed by atoms with Crippen LogP contribution in [0, 0.1) is 0 Å². The maximum atomic E-state index is 6.23. The molecule has 2 atom stereocenters. The van der Waals surface area contributed by atoms with E-state index in [0.29, 0.717) is 12.4 Å². The molecule has 4 heteroatoms. The van der Waals surface area contributed by atoms with Crippen molar-refractivity contribution in [3.8, 4) is 11.5 Å². The molecule has 0 fully saturated rings. The molecule has 2 unspecified atom stereocenters. The van der Waals surface area contributed by atoms with E-state index in [2.05, 4.69) is 4.98 Å². The predicted molar refractivity (Wildman–Crippen MR) is 83.5 cm³/mol. The average molecular weight is 286 g/mol. The Morgan fingerprint density at radius 1 is 1.10 bits per heavy atom. The Morgan fingerprint density at radius 2 is 1.86 bits per heavy atom. The van der Waals surface area contributed by atoms with E-state index < -0.39 is 0 Å². The molecule has 0 aliphatic heterocycles. The number of para-hydroxylation sites is 2. The third-order valence-corrected chi connectivity index (χ3v) is 3.28. The minimum absolute atomic E-state index is 0.108. The van der Waals surface area contributed by atoms with Gasteiger partial charge in [0.25, 0.3) is 0 Å². The van der Waals surface area contributed by atoms with Gasteiger partial charge in [0.05, 0.1) is 6.61 Å². The number of rotatable bonds is 7. The van der Waals surface area contributed by atoms with Crippen LogP contribution in [0.4, 0.5) is 0 Å². The Bertz CT molecular complexity index is 545. The number of nitrogens with two attached hydrogens (primary N) is 1. The predicted octanol–water partition coefficient (Wildman–Crippen LogP) is 3.34. The second-order valence-electron chi connectivity index (χ2n) is 4.78. The molecular weight excluding hydrogens is 264 g/mol. The van der Waals surface area contributed by atoms with Crippen LogP contribution in [0.25, 0.3) is 0 Å². The molecule has 0 amide bonds. The number of nitrogens with zero attached hydrogens (tertiary/aromatic N) is 1. The van der Waals surface area contributed by atoms with Crippen LogP contribution in [-0.2, 0) is 0 Å². The lowest BCUT2D eigenvalue weighted by Crippen LogP contribution is -2.31.